The van der Waals surface area contributed by atoms with E-state index in [1.807, 2.05) is 19.2 Å². The van der Waals surface area contributed by atoms with Crippen molar-refractivity contribution in [1.29, 1.82) is 0 Å². The first-order valence-corrected chi connectivity index (χ1v) is 8.11. The number of aromatic nitrogens is 2. The van der Waals surface area contributed by atoms with Gasteiger partial charge in [-0.25, -0.2) is 4.98 Å². The van der Waals surface area contributed by atoms with Crippen LogP contribution in [0.4, 0.5) is 0 Å². The van der Waals surface area contributed by atoms with Crippen molar-refractivity contribution in [2.75, 3.05) is 19.4 Å². The van der Waals surface area contributed by atoms with Crippen LogP contribution in [-0.2, 0) is 0 Å². The molecule has 0 fully saturated rings. The van der Waals surface area contributed by atoms with Crippen LogP contribution < -0.4 is 10.1 Å². The van der Waals surface area contributed by atoms with Gasteiger partial charge in [0.2, 0.25) is 0 Å². The van der Waals surface area contributed by atoms with Gasteiger partial charge in [-0.3, -0.25) is 4.98 Å². The second kappa shape index (κ2) is 8.64. The third-order valence-electron chi connectivity index (χ3n) is 3.04. The molecule has 0 aliphatic heterocycles. The third-order valence-corrected chi connectivity index (χ3v) is 4.05. The summed E-state index contributed by atoms with van der Waals surface area (Å²) in [6.45, 7) is 2.87. The molecule has 5 heteroatoms. The minimum atomic E-state index is 0.275. The molecular weight excluding hydrogens is 282 g/mol. The quantitative estimate of drug-likeness (QED) is 0.758. The molecule has 0 amide bonds. The summed E-state index contributed by atoms with van der Waals surface area (Å²) in [6, 6.07) is 8.56. The van der Waals surface area contributed by atoms with Gasteiger partial charge in [0, 0.05) is 24.2 Å². The van der Waals surface area contributed by atoms with Gasteiger partial charge in [-0.15, -0.1) is 11.8 Å². The Kier molecular flexibility index (Phi) is 6.50. The van der Waals surface area contributed by atoms with Crippen LogP contribution >= 0.6 is 11.8 Å². The molecule has 1 aromatic heterocycles. The lowest BCUT2D eigenvalue weighted by Gasteiger charge is -2.16. The van der Waals surface area contributed by atoms with Gasteiger partial charge < -0.3 is 10.1 Å². The fraction of sp³-hybridized carbons (Fsp3) is 0.375. The van der Waals surface area contributed by atoms with Crippen molar-refractivity contribution in [2.45, 2.75) is 24.4 Å². The minimum Gasteiger partial charge on any atom is -0.494 e. The predicted molar refractivity (Wildman–Crippen MR) is 86.8 cm³/mol. The number of nitrogens with one attached hydrogen (secondary N) is 1. The summed E-state index contributed by atoms with van der Waals surface area (Å²) in [7, 11) is 1.98. The Bertz CT molecular complexity index is 519. The summed E-state index contributed by atoms with van der Waals surface area (Å²) in [5.41, 5.74) is 1.25. The zero-order valence-corrected chi connectivity index (χ0v) is 13.3. The number of hydrogen-bond donors (Lipinski definition) is 1. The first-order valence-electron chi connectivity index (χ1n) is 7.12. The Labute approximate surface area is 130 Å². The van der Waals surface area contributed by atoms with Crippen LogP contribution in [0.1, 0.15) is 24.9 Å². The van der Waals surface area contributed by atoms with Crippen molar-refractivity contribution in [3.8, 4) is 5.75 Å². The van der Waals surface area contributed by atoms with Gasteiger partial charge in [-0.1, -0.05) is 19.1 Å². The minimum absolute atomic E-state index is 0.275. The van der Waals surface area contributed by atoms with E-state index in [0.717, 1.165) is 29.6 Å². The lowest BCUT2D eigenvalue weighted by molar-refractivity contribution is 0.317. The first kappa shape index (κ1) is 15.8. The lowest BCUT2D eigenvalue weighted by atomic mass is 10.1. The van der Waals surface area contributed by atoms with Crippen molar-refractivity contribution in [1.82, 2.24) is 15.3 Å². The zero-order chi connectivity index (χ0) is 14.9. The Morgan fingerprint density at radius 3 is 2.67 bits per heavy atom. The Balaban J connectivity index is 1.94. The summed E-state index contributed by atoms with van der Waals surface area (Å²) in [5, 5.41) is 4.29. The van der Waals surface area contributed by atoms with Crippen LogP contribution in [0.3, 0.4) is 0 Å². The molecule has 4 nitrogen and oxygen atoms in total. The van der Waals surface area contributed by atoms with Gasteiger partial charge >= 0.3 is 0 Å². The number of thioether (sulfide) groups is 1. The maximum Gasteiger partial charge on any atom is 0.119 e. The van der Waals surface area contributed by atoms with Crippen molar-refractivity contribution in [3.05, 3.63) is 48.4 Å². The Morgan fingerprint density at radius 2 is 2.05 bits per heavy atom. The molecule has 0 aliphatic rings. The van der Waals surface area contributed by atoms with Crippen LogP contribution in [0.15, 0.2) is 47.9 Å². The summed E-state index contributed by atoms with van der Waals surface area (Å²) in [4.78, 5) is 8.36. The Morgan fingerprint density at radius 1 is 1.24 bits per heavy atom. The first-order chi connectivity index (χ1) is 10.3. The molecule has 0 radical (unpaired) electrons. The molecule has 21 heavy (non-hydrogen) atoms. The topological polar surface area (TPSA) is 47.0 Å². The summed E-state index contributed by atoms with van der Waals surface area (Å²) in [5.74, 6) is 1.83. The zero-order valence-electron chi connectivity index (χ0n) is 12.5. The number of nitrogens with zero attached hydrogens (tertiary/aromatic N) is 2. The van der Waals surface area contributed by atoms with E-state index in [-0.39, 0.29) is 6.04 Å². The average Bonchev–Trinajstić information content (AvgIpc) is 2.55. The fourth-order valence-corrected chi connectivity index (χ4v) is 2.86. The maximum atomic E-state index is 5.61. The van der Waals surface area contributed by atoms with E-state index in [0.29, 0.717) is 0 Å². The van der Waals surface area contributed by atoms with Crippen LogP contribution in [-0.4, -0.2) is 29.4 Å². The highest BCUT2D eigenvalue weighted by molar-refractivity contribution is 7.99. The van der Waals surface area contributed by atoms with Crippen LogP contribution in [0, 0.1) is 0 Å². The van der Waals surface area contributed by atoms with Crippen molar-refractivity contribution in [3.63, 3.8) is 0 Å². The van der Waals surface area contributed by atoms with Gasteiger partial charge in [-0.05, 0) is 31.2 Å². The molecular formula is C16H21N3OS. The number of benzene rings is 1. The van der Waals surface area contributed by atoms with Crippen molar-refractivity contribution >= 4 is 11.8 Å². The molecule has 0 bridgehead atoms. The van der Waals surface area contributed by atoms with Crippen molar-refractivity contribution < 1.29 is 4.74 Å². The number of hydrogen-bond acceptors (Lipinski definition) is 5. The molecule has 1 unspecified atom stereocenters. The molecule has 112 valence electrons. The monoisotopic (exact) mass is 303 g/mol. The normalized spacial score (nSPS) is 12.1. The number of ether oxygens (including phenoxy) is 1. The highest BCUT2D eigenvalue weighted by Crippen LogP contribution is 2.24. The van der Waals surface area contributed by atoms with Crippen LogP contribution in [0.2, 0.25) is 0 Å². The molecule has 0 spiro atoms. The summed E-state index contributed by atoms with van der Waals surface area (Å²) in [6.07, 6.45) is 6.22. The van der Waals surface area contributed by atoms with Gasteiger partial charge in [0.1, 0.15) is 10.8 Å². The average molecular weight is 303 g/mol. The molecule has 2 aromatic rings. The van der Waals surface area contributed by atoms with Crippen LogP contribution in [0.25, 0.3) is 0 Å². The van der Waals surface area contributed by atoms with E-state index in [4.69, 9.17) is 4.74 Å². The molecule has 0 saturated heterocycles. The standard InChI is InChI=1S/C16H21N3OS/c1-3-10-20-14-6-4-13(5-7-14)15(17-2)12-21-16-11-18-8-9-19-16/h4-9,11,15,17H,3,10,12H2,1-2H3. The molecule has 1 atom stereocenters. The lowest BCUT2D eigenvalue weighted by Crippen LogP contribution is -2.18. The van der Waals surface area contributed by atoms with Crippen LogP contribution in [0.5, 0.6) is 5.75 Å². The maximum absolute atomic E-state index is 5.61. The molecule has 2 rings (SSSR count). The highest BCUT2D eigenvalue weighted by atomic mass is 32.2. The smallest absolute Gasteiger partial charge is 0.119 e. The van der Waals surface area contributed by atoms with E-state index in [2.05, 4.69) is 34.3 Å². The SMILES string of the molecule is CCCOc1ccc(C(CSc2cnccn2)NC)cc1. The molecule has 0 aliphatic carbocycles. The van der Waals surface area contributed by atoms with E-state index in [1.165, 1.54) is 5.56 Å². The van der Waals surface area contributed by atoms with E-state index in [9.17, 15) is 0 Å². The summed E-state index contributed by atoms with van der Waals surface area (Å²) < 4.78 is 5.61. The molecule has 1 N–H and O–H groups in total. The fourth-order valence-electron chi connectivity index (χ4n) is 1.89. The Hall–Kier alpha value is -1.59. The second-order valence-electron chi connectivity index (χ2n) is 4.61. The third kappa shape index (κ3) is 5.02. The van der Waals surface area contributed by atoms with E-state index >= 15 is 0 Å². The van der Waals surface area contributed by atoms with E-state index in [1.54, 1.807) is 30.4 Å². The van der Waals surface area contributed by atoms with Gasteiger partial charge in [0.25, 0.3) is 0 Å². The van der Waals surface area contributed by atoms with E-state index < -0.39 is 0 Å². The molecule has 0 saturated carbocycles. The van der Waals surface area contributed by atoms with Crippen molar-refractivity contribution in [2.24, 2.45) is 0 Å². The van der Waals surface area contributed by atoms with Gasteiger partial charge in [0.05, 0.1) is 12.8 Å². The second-order valence-corrected chi connectivity index (χ2v) is 5.65. The highest BCUT2D eigenvalue weighted by Gasteiger charge is 2.10. The van der Waals surface area contributed by atoms with Gasteiger partial charge in [0.15, 0.2) is 0 Å². The molecule has 1 aromatic carbocycles. The molecule has 1 heterocycles. The summed E-state index contributed by atoms with van der Waals surface area (Å²) >= 11 is 1.70. The largest absolute Gasteiger partial charge is 0.494 e. The number of rotatable bonds is 8. The predicted octanol–water partition coefficient (Wildman–Crippen LogP) is 3.32. The van der Waals surface area contributed by atoms with Gasteiger partial charge in [-0.2, -0.15) is 0 Å².